The van der Waals surface area contributed by atoms with Gasteiger partial charge >= 0.3 is 0 Å². The van der Waals surface area contributed by atoms with Crippen molar-refractivity contribution in [3.63, 3.8) is 0 Å². The van der Waals surface area contributed by atoms with Gasteiger partial charge in [0.15, 0.2) is 0 Å². The number of hydrogen-bond donors (Lipinski definition) is 1. The fraction of sp³-hybridized carbons (Fsp3) is 0.467. The minimum atomic E-state index is -0.316. The summed E-state index contributed by atoms with van der Waals surface area (Å²) in [6, 6.07) is 7.34. The van der Waals surface area contributed by atoms with Crippen LogP contribution in [0.4, 0.5) is 0 Å². The van der Waals surface area contributed by atoms with Crippen LogP contribution in [0.1, 0.15) is 22.8 Å². The van der Waals surface area contributed by atoms with Gasteiger partial charge in [-0.15, -0.1) is 0 Å². The molecule has 2 rings (SSSR count). The number of benzene rings is 1. The van der Waals surface area contributed by atoms with Crippen molar-refractivity contribution in [3.05, 3.63) is 35.4 Å². The van der Waals surface area contributed by atoms with Crippen molar-refractivity contribution >= 4 is 11.8 Å². The van der Waals surface area contributed by atoms with E-state index in [0.29, 0.717) is 26.2 Å². The molecule has 0 saturated carbocycles. The van der Waals surface area contributed by atoms with Crippen LogP contribution in [0.25, 0.3) is 0 Å². The first-order valence-corrected chi connectivity index (χ1v) is 6.88. The van der Waals surface area contributed by atoms with Gasteiger partial charge < -0.3 is 10.6 Å². The lowest BCUT2D eigenvalue weighted by atomic mass is 10.1. The van der Waals surface area contributed by atoms with Crippen molar-refractivity contribution in [1.82, 2.24) is 9.80 Å². The van der Waals surface area contributed by atoms with Crippen LogP contribution in [0.3, 0.4) is 0 Å². The average molecular weight is 275 g/mol. The molecule has 5 nitrogen and oxygen atoms in total. The van der Waals surface area contributed by atoms with Crippen molar-refractivity contribution in [2.24, 2.45) is 5.73 Å². The maximum Gasteiger partial charge on any atom is 0.253 e. The molecule has 2 amide bonds. The minimum absolute atomic E-state index is 0.0556. The number of primary amides is 1. The van der Waals surface area contributed by atoms with E-state index < -0.39 is 0 Å². The molecule has 0 bridgehead atoms. The molecule has 0 radical (unpaired) electrons. The lowest BCUT2D eigenvalue weighted by Gasteiger charge is -2.37. The highest BCUT2D eigenvalue weighted by Crippen LogP contribution is 2.12. The van der Waals surface area contributed by atoms with E-state index in [1.807, 2.05) is 41.0 Å². The molecule has 0 aliphatic carbocycles. The highest BCUT2D eigenvalue weighted by atomic mass is 16.2. The quantitative estimate of drug-likeness (QED) is 0.879. The molecule has 20 heavy (non-hydrogen) atoms. The van der Waals surface area contributed by atoms with Crippen LogP contribution in [-0.2, 0) is 4.79 Å². The Morgan fingerprint density at radius 1 is 1.20 bits per heavy atom. The van der Waals surface area contributed by atoms with Crippen molar-refractivity contribution < 1.29 is 9.59 Å². The van der Waals surface area contributed by atoms with Crippen molar-refractivity contribution in [1.29, 1.82) is 0 Å². The van der Waals surface area contributed by atoms with E-state index >= 15 is 0 Å². The summed E-state index contributed by atoms with van der Waals surface area (Å²) in [4.78, 5) is 27.4. The summed E-state index contributed by atoms with van der Waals surface area (Å²) in [5.41, 5.74) is 7.11. The molecule has 1 aliphatic heterocycles. The number of carbonyl (C=O) groups is 2. The Kier molecular flexibility index (Phi) is 4.39. The Bertz CT molecular complexity index is 508. The van der Waals surface area contributed by atoms with Gasteiger partial charge in [-0.25, -0.2) is 0 Å². The molecule has 1 heterocycles. The Morgan fingerprint density at radius 2 is 1.85 bits per heavy atom. The lowest BCUT2D eigenvalue weighted by Crippen LogP contribution is -2.54. The minimum Gasteiger partial charge on any atom is -0.368 e. The van der Waals surface area contributed by atoms with E-state index in [1.54, 1.807) is 6.92 Å². The highest BCUT2D eigenvalue weighted by molar-refractivity contribution is 5.94. The largest absolute Gasteiger partial charge is 0.368 e. The van der Waals surface area contributed by atoms with Gasteiger partial charge in [0, 0.05) is 31.7 Å². The third-order valence-electron chi connectivity index (χ3n) is 3.83. The smallest absolute Gasteiger partial charge is 0.253 e. The third kappa shape index (κ3) is 3.17. The molecule has 1 saturated heterocycles. The van der Waals surface area contributed by atoms with Gasteiger partial charge in [-0.05, 0) is 26.0 Å². The van der Waals surface area contributed by atoms with Gasteiger partial charge in [-0.2, -0.15) is 0 Å². The number of nitrogens with two attached hydrogens (primary N) is 1. The molecule has 0 aromatic heterocycles. The van der Waals surface area contributed by atoms with E-state index in [4.69, 9.17) is 5.73 Å². The van der Waals surface area contributed by atoms with Gasteiger partial charge in [0.05, 0.1) is 6.04 Å². The van der Waals surface area contributed by atoms with E-state index in [2.05, 4.69) is 0 Å². The first-order chi connectivity index (χ1) is 9.49. The zero-order valence-corrected chi connectivity index (χ0v) is 12.0. The molecule has 1 atom stereocenters. The summed E-state index contributed by atoms with van der Waals surface area (Å²) in [5, 5.41) is 0. The third-order valence-corrected chi connectivity index (χ3v) is 3.83. The zero-order chi connectivity index (χ0) is 14.7. The number of rotatable bonds is 3. The van der Waals surface area contributed by atoms with Crippen molar-refractivity contribution in [2.75, 3.05) is 26.2 Å². The summed E-state index contributed by atoms with van der Waals surface area (Å²) in [6.07, 6.45) is 0. The van der Waals surface area contributed by atoms with Crippen LogP contribution in [0.2, 0.25) is 0 Å². The summed E-state index contributed by atoms with van der Waals surface area (Å²) < 4.78 is 0. The van der Waals surface area contributed by atoms with Crippen molar-refractivity contribution in [2.45, 2.75) is 19.9 Å². The van der Waals surface area contributed by atoms with Gasteiger partial charge in [-0.3, -0.25) is 14.5 Å². The van der Waals surface area contributed by atoms with E-state index in [9.17, 15) is 9.59 Å². The summed E-state index contributed by atoms with van der Waals surface area (Å²) >= 11 is 0. The second kappa shape index (κ2) is 6.05. The van der Waals surface area contributed by atoms with Crippen molar-refractivity contribution in [3.8, 4) is 0 Å². The lowest BCUT2D eigenvalue weighted by molar-refractivity contribution is -0.123. The summed E-state index contributed by atoms with van der Waals surface area (Å²) in [7, 11) is 0. The predicted molar refractivity (Wildman–Crippen MR) is 77.3 cm³/mol. The van der Waals surface area contributed by atoms with Gasteiger partial charge in [0.2, 0.25) is 5.91 Å². The van der Waals surface area contributed by atoms with Gasteiger partial charge in [0.25, 0.3) is 5.91 Å². The maximum atomic E-state index is 12.4. The molecule has 1 aliphatic rings. The first kappa shape index (κ1) is 14.5. The Morgan fingerprint density at radius 3 is 2.40 bits per heavy atom. The molecule has 108 valence electrons. The van der Waals surface area contributed by atoms with E-state index in [-0.39, 0.29) is 17.9 Å². The topological polar surface area (TPSA) is 66.6 Å². The first-order valence-electron chi connectivity index (χ1n) is 6.88. The monoisotopic (exact) mass is 275 g/mol. The van der Waals surface area contributed by atoms with Crippen LogP contribution in [0.15, 0.2) is 24.3 Å². The maximum absolute atomic E-state index is 12.4. The van der Waals surface area contributed by atoms with Gasteiger partial charge in [0.1, 0.15) is 0 Å². The molecular weight excluding hydrogens is 254 g/mol. The Balaban J connectivity index is 1.97. The Labute approximate surface area is 119 Å². The van der Waals surface area contributed by atoms with Gasteiger partial charge in [-0.1, -0.05) is 17.7 Å². The molecule has 1 fully saturated rings. The SMILES string of the molecule is Cc1cccc(C(=O)N2CCN(C(C)C(N)=O)CC2)c1. The Hall–Kier alpha value is -1.88. The average Bonchev–Trinajstić information content (AvgIpc) is 2.46. The second-order valence-electron chi connectivity index (χ2n) is 5.28. The predicted octanol–water partition coefficient (Wildman–Crippen LogP) is 0.627. The summed E-state index contributed by atoms with van der Waals surface area (Å²) in [6.45, 7) is 6.40. The number of piperazine rings is 1. The molecule has 1 unspecified atom stereocenters. The highest BCUT2D eigenvalue weighted by Gasteiger charge is 2.26. The molecule has 2 N–H and O–H groups in total. The number of amides is 2. The fourth-order valence-electron chi connectivity index (χ4n) is 2.45. The van der Waals surface area contributed by atoms with Crippen LogP contribution >= 0.6 is 0 Å². The molecule has 0 spiro atoms. The molecule has 1 aromatic rings. The van der Waals surface area contributed by atoms with Crippen LogP contribution in [-0.4, -0.2) is 53.8 Å². The number of hydrogen-bond acceptors (Lipinski definition) is 3. The van der Waals surface area contributed by atoms with Crippen LogP contribution < -0.4 is 5.73 Å². The number of nitrogens with zero attached hydrogens (tertiary/aromatic N) is 2. The fourth-order valence-corrected chi connectivity index (χ4v) is 2.45. The molecule has 1 aromatic carbocycles. The van der Waals surface area contributed by atoms with E-state index in [1.165, 1.54) is 0 Å². The normalized spacial score (nSPS) is 17.8. The molecular formula is C15H21N3O2. The number of carbonyl (C=O) groups excluding carboxylic acids is 2. The second-order valence-corrected chi connectivity index (χ2v) is 5.28. The van der Waals surface area contributed by atoms with Crippen LogP contribution in [0.5, 0.6) is 0 Å². The summed E-state index contributed by atoms with van der Waals surface area (Å²) in [5.74, 6) is -0.261. The van der Waals surface area contributed by atoms with Crippen LogP contribution in [0, 0.1) is 6.92 Å². The number of aryl methyl sites for hydroxylation is 1. The zero-order valence-electron chi connectivity index (χ0n) is 12.0. The standard InChI is InChI=1S/C15H21N3O2/c1-11-4-3-5-13(10-11)15(20)18-8-6-17(7-9-18)12(2)14(16)19/h3-5,10,12H,6-9H2,1-2H3,(H2,16,19). The molecule has 5 heteroatoms. The van der Waals surface area contributed by atoms with E-state index in [0.717, 1.165) is 11.1 Å².